The van der Waals surface area contributed by atoms with E-state index in [0.29, 0.717) is 16.4 Å². The average Bonchev–Trinajstić information content (AvgIpc) is 2.65. The van der Waals surface area contributed by atoms with Gasteiger partial charge in [0, 0.05) is 11.1 Å². The standard InChI is InChI=1S/C22H24ClNO3/c1-6-13-27-21(25)15-7-10-17(11-8-15)24-20(23)16-9-12-19(26-5)18(14-16)22(2,3)4/h6-12,14H,1,13H2,2-5H3. The van der Waals surface area contributed by atoms with Gasteiger partial charge in [0.05, 0.1) is 18.4 Å². The third-order valence-corrected chi connectivity index (χ3v) is 4.21. The number of nitrogens with zero attached hydrogens (tertiary/aromatic N) is 1. The molecule has 0 unspecified atom stereocenters. The van der Waals surface area contributed by atoms with Crippen LogP contribution in [0.2, 0.25) is 0 Å². The highest BCUT2D eigenvalue weighted by Crippen LogP contribution is 2.32. The van der Waals surface area contributed by atoms with E-state index in [9.17, 15) is 4.79 Å². The summed E-state index contributed by atoms with van der Waals surface area (Å²) in [6.45, 7) is 10.0. The van der Waals surface area contributed by atoms with Crippen molar-refractivity contribution in [1.82, 2.24) is 0 Å². The summed E-state index contributed by atoms with van der Waals surface area (Å²) in [7, 11) is 1.65. The summed E-state index contributed by atoms with van der Waals surface area (Å²) in [5.74, 6) is 0.416. The Balaban J connectivity index is 2.27. The minimum Gasteiger partial charge on any atom is -0.496 e. The molecule has 0 saturated heterocycles. The van der Waals surface area contributed by atoms with Gasteiger partial charge in [-0.25, -0.2) is 9.79 Å². The Morgan fingerprint density at radius 2 is 1.78 bits per heavy atom. The number of carbonyl (C=O) groups excluding carboxylic acids is 1. The third kappa shape index (κ3) is 5.44. The van der Waals surface area contributed by atoms with Gasteiger partial charge in [-0.15, -0.1) is 0 Å². The molecule has 0 bridgehead atoms. The predicted molar refractivity (Wildman–Crippen MR) is 111 cm³/mol. The van der Waals surface area contributed by atoms with Crippen LogP contribution in [0.15, 0.2) is 60.1 Å². The van der Waals surface area contributed by atoms with Crippen LogP contribution in [-0.2, 0) is 10.2 Å². The third-order valence-electron chi connectivity index (χ3n) is 3.91. The summed E-state index contributed by atoms with van der Waals surface area (Å²) in [5, 5.41) is 0.366. The molecule has 4 nitrogen and oxygen atoms in total. The van der Waals surface area contributed by atoms with E-state index in [2.05, 4.69) is 32.3 Å². The van der Waals surface area contributed by atoms with Crippen LogP contribution in [0.5, 0.6) is 5.75 Å². The van der Waals surface area contributed by atoms with Crippen molar-refractivity contribution in [1.29, 1.82) is 0 Å². The highest BCUT2D eigenvalue weighted by atomic mass is 35.5. The fraction of sp³-hybridized carbons (Fsp3) is 0.273. The lowest BCUT2D eigenvalue weighted by Crippen LogP contribution is -2.13. The first-order chi connectivity index (χ1) is 12.8. The maximum absolute atomic E-state index is 11.8. The molecule has 0 radical (unpaired) electrons. The van der Waals surface area contributed by atoms with E-state index in [1.54, 1.807) is 31.4 Å². The molecule has 0 heterocycles. The molecule has 0 fully saturated rings. The molecule has 2 rings (SSSR count). The minimum atomic E-state index is -0.401. The summed E-state index contributed by atoms with van der Waals surface area (Å²) in [5.41, 5.74) is 2.86. The zero-order valence-corrected chi connectivity index (χ0v) is 16.8. The Labute approximate surface area is 165 Å². The zero-order valence-electron chi connectivity index (χ0n) is 16.1. The number of carbonyl (C=O) groups is 1. The second kappa shape index (κ2) is 8.87. The molecule has 142 valence electrons. The SMILES string of the molecule is C=CCOC(=O)c1ccc(N=C(Cl)c2ccc(OC)c(C(C)(C)C)c2)cc1. The lowest BCUT2D eigenvalue weighted by molar-refractivity contribution is 0.0550. The quantitative estimate of drug-likeness (QED) is 0.366. The normalized spacial score (nSPS) is 11.8. The van der Waals surface area contributed by atoms with Gasteiger partial charge < -0.3 is 9.47 Å². The van der Waals surface area contributed by atoms with Gasteiger partial charge in [0.1, 0.15) is 17.5 Å². The van der Waals surface area contributed by atoms with E-state index < -0.39 is 5.97 Å². The number of rotatable bonds is 6. The maximum Gasteiger partial charge on any atom is 0.338 e. The average molecular weight is 386 g/mol. The fourth-order valence-corrected chi connectivity index (χ4v) is 2.71. The van der Waals surface area contributed by atoms with Gasteiger partial charge in [-0.1, -0.05) is 45.0 Å². The highest BCUT2D eigenvalue weighted by molar-refractivity contribution is 6.69. The summed E-state index contributed by atoms with van der Waals surface area (Å²) in [6.07, 6.45) is 1.52. The molecular formula is C22H24ClNO3. The van der Waals surface area contributed by atoms with Gasteiger partial charge in [0.15, 0.2) is 0 Å². The van der Waals surface area contributed by atoms with E-state index in [1.165, 1.54) is 6.08 Å². The second-order valence-electron chi connectivity index (χ2n) is 7.00. The molecule has 0 spiro atoms. The smallest absolute Gasteiger partial charge is 0.338 e. The molecule has 0 aliphatic carbocycles. The van der Waals surface area contributed by atoms with Crippen LogP contribution in [0.4, 0.5) is 5.69 Å². The van der Waals surface area contributed by atoms with E-state index in [-0.39, 0.29) is 12.0 Å². The number of benzene rings is 2. The molecule has 2 aromatic rings. The molecule has 0 aliphatic rings. The summed E-state index contributed by atoms with van der Waals surface area (Å²) in [6, 6.07) is 12.5. The first kappa shape index (κ1) is 20.7. The molecule has 0 aliphatic heterocycles. The molecule has 0 amide bonds. The number of hydrogen-bond acceptors (Lipinski definition) is 4. The highest BCUT2D eigenvalue weighted by Gasteiger charge is 2.20. The fourth-order valence-electron chi connectivity index (χ4n) is 2.49. The van der Waals surface area contributed by atoms with Gasteiger partial charge >= 0.3 is 5.97 Å². The summed E-state index contributed by atoms with van der Waals surface area (Å²) >= 11 is 6.44. The van der Waals surface area contributed by atoms with Crippen molar-refractivity contribution in [3.8, 4) is 5.75 Å². The molecule has 0 saturated carbocycles. The van der Waals surface area contributed by atoms with Gasteiger partial charge in [0.25, 0.3) is 0 Å². The van der Waals surface area contributed by atoms with E-state index >= 15 is 0 Å². The number of esters is 1. The number of hydrogen-bond donors (Lipinski definition) is 0. The molecule has 27 heavy (non-hydrogen) atoms. The molecule has 0 aromatic heterocycles. The monoisotopic (exact) mass is 385 g/mol. The lowest BCUT2D eigenvalue weighted by atomic mass is 9.85. The molecule has 2 aromatic carbocycles. The number of methoxy groups -OCH3 is 1. The molecule has 0 N–H and O–H groups in total. The van der Waals surface area contributed by atoms with Crippen LogP contribution in [0, 0.1) is 0 Å². The van der Waals surface area contributed by atoms with Gasteiger partial charge in [-0.05, 0) is 47.9 Å². The Hall–Kier alpha value is -2.59. The molecule has 0 atom stereocenters. The number of ether oxygens (including phenoxy) is 2. The minimum absolute atomic E-state index is 0.0913. The van der Waals surface area contributed by atoms with Crippen molar-refractivity contribution >= 4 is 28.4 Å². The van der Waals surface area contributed by atoms with Gasteiger partial charge in [0.2, 0.25) is 0 Å². The Kier molecular flexibility index (Phi) is 6.81. The van der Waals surface area contributed by atoms with Crippen LogP contribution in [0.1, 0.15) is 42.3 Å². The Morgan fingerprint density at radius 1 is 1.15 bits per heavy atom. The zero-order chi connectivity index (χ0) is 20.0. The van der Waals surface area contributed by atoms with Crippen molar-refractivity contribution in [2.45, 2.75) is 26.2 Å². The van der Waals surface area contributed by atoms with E-state index in [1.807, 2.05) is 18.2 Å². The van der Waals surface area contributed by atoms with Crippen LogP contribution in [0.25, 0.3) is 0 Å². The van der Waals surface area contributed by atoms with E-state index in [0.717, 1.165) is 16.9 Å². The Morgan fingerprint density at radius 3 is 2.33 bits per heavy atom. The van der Waals surface area contributed by atoms with Gasteiger partial charge in [-0.2, -0.15) is 0 Å². The van der Waals surface area contributed by atoms with Crippen molar-refractivity contribution in [3.05, 3.63) is 71.8 Å². The largest absolute Gasteiger partial charge is 0.496 e. The van der Waals surface area contributed by atoms with Crippen LogP contribution < -0.4 is 4.74 Å². The Bertz CT molecular complexity index is 849. The number of halogens is 1. The summed E-state index contributed by atoms with van der Waals surface area (Å²) < 4.78 is 10.5. The maximum atomic E-state index is 11.8. The first-order valence-corrected chi connectivity index (χ1v) is 8.95. The predicted octanol–water partition coefficient (Wildman–Crippen LogP) is 5.65. The van der Waals surface area contributed by atoms with Crippen LogP contribution in [-0.4, -0.2) is 24.9 Å². The molecule has 5 heteroatoms. The summed E-state index contributed by atoms with van der Waals surface area (Å²) in [4.78, 5) is 16.3. The second-order valence-corrected chi connectivity index (χ2v) is 7.36. The molecular weight excluding hydrogens is 362 g/mol. The van der Waals surface area contributed by atoms with Crippen molar-refractivity contribution in [2.75, 3.05) is 13.7 Å². The van der Waals surface area contributed by atoms with Gasteiger partial charge in [-0.3, -0.25) is 0 Å². The topological polar surface area (TPSA) is 47.9 Å². The van der Waals surface area contributed by atoms with Crippen molar-refractivity contribution in [2.24, 2.45) is 4.99 Å². The van der Waals surface area contributed by atoms with Crippen LogP contribution in [0.3, 0.4) is 0 Å². The lowest BCUT2D eigenvalue weighted by Gasteiger charge is -2.22. The van der Waals surface area contributed by atoms with Crippen molar-refractivity contribution < 1.29 is 14.3 Å². The number of aliphatic imine (C=N–C) groups is 1. The van der Waals surface area contributed by atoms with E-state index in [4.69, 9.17) is 21.1 Å². The van der Waals surface area contributed by atoms with Crippen LogP contribution >= 0.6 is 11.6 Å². The van der Waals surface area contributed by atoms with Crippen molar-refractivity contribution in [3.63, 3.8) is 0 Å². The first-order valence-electron chi connectivity index (χ1n) is 8.57.